The van der Waals surface area contributed by atoms with Gasteiger partial charge < -0.3 is 14.6 Å². The Morgan fingerprint density at radius 3 is 2.52 bits per heavy atom. The van der Waals surface area contributed by atoms with E-state index in [1.807, 2.05) is 6.07 Å². The van der Waals surface area contributed by atoms with Gasteiger partial charge in [0.05, 0.1) is 23.3 Å². The van der Waals surface area contributed by atoms with Gasteiger partial charge in [0.2, 0.25) is 0 Å². The van der Waals surface area contributed by atoms with Gasteiger partial charge in [0.1, 0.15) is 6.61 Å². The summed E-state index contributed by atoms with van der Waals surface area (Å²) >= 11 is 0.850. The van der Waals surface area contributed by atoms with Crippen LogP contribution in [0.2, 0.25) is 0 Å². The molecule has 166 valence electrons. The van der Waals surface area contributed by atoms with Crippen molar-refractivity contribution in [3.05, 3.63) is 94.4 Å². The first-order valence-corrected chi connectivity index (χ1v) is 10.7. The second-order valence-corrected chi connectivity index (χ2v) is 8.02. The lowest BCUT2D eigenvalue weighted by molar-refractivity contribution is -0.113. The fraction of sp³-hybridized carbons (Fsp3) is 0.0800. The molecule has 0 atom stereocenters. The number of thioether (sulfide) groups is 1. The quantitative estimate of drug-likeness (QED) is 0.483. The Hall–Kier alpha value is -4.04. The lowest BCUT2D eigenvalue weighted by atomic mass is 10.1. The topological polar surface area (TPSA) is 93.1 Å². The van der Waals surface area contributed by atoms with Gasteiger partial charge in [-0.25, -0.2) is 9.69 Å². The molecule has 0 unspecified atom stereocenters. The van der Waals surface area contributed by atoms with E-state index in [4.69, 9.17) is 9.47 Å². The Morgan fingerprint density at radius 1 is 1.03 bits per heavy atom. The van der Waals surface area contributed by atoms with Gasteiger partial charge in [0.25, 0.3) is 11.1 Å². The van der Waals surface area contributed by atoms with Crippen LogP contribution >= 0.6 is 11.8 Å². The normalized spacial score (nSPS) is 14.6. The molecule has 3 aromatic carbocycles. The standard InChI is InChI=1S/C25H19NO6S/c1-31-20-12-6-8-17(22(20)32-15-16-7-5-9-18(13-16)24(28)29)14-21-23(27)26(25(30)33-21)19-10-3-2-4-11-19/h2-14H,15H2,1H3,(H,28,29). The molecule has 0 radical (unpaired) electrons. The second kappa shape index (κ2) is 9.62. The number of ether oxygens (including phenoxy) is 2. The first kappa shape index (κ1) is 22.2. The van der Waals surface area contributed by atoms with E-state index >= 15 is 0 Å². The molecule has 8 heteroatoms. The van der Waals surface area contributed by atoms with Gasteiger partial charge in [-0.1, -0.05) is 42.5 Å². The largest absolute Gasteiger partial charge is 0.493 e. The van der Waals surface area contributed by atoms with Crippen molar-refractivity contribution in [1.82, 2.24) is 0 Å². The number of para-hydroxylation sites is 2. The summed E-state index contributed by atoms with van der Waals surface area (Å²) < 4.78 is 11.4. The third-order valence-corrected chi connectivity index (χ3v) is 5.75. The monoisotopic (exact) mass is 461 g/mol. The van der Waals surface area contributed by atoms with Gasteiger partial charge in [0.15, 0.2) is 11.5 Å². The van der Waals surface area contributed by atoms with Gasteiger partial charge in [-0.2, -0.15) is 0 Å². The lowest BCUT2D eigenvalue weighted by Crippen LogP contribution is -2.27. The fourth-order valence-corrected chi connectivity index (χ4v) is 4.15. The summed E-state index contributed by atoms with van der Waals surface area (Å²) in [6.45, 7) is 0.0911. The molecule has 1 saturated heterocycles. The lowest BCUT2D eigenvalue weighted by Gasteiger charge is -2.14. The van der Waals surface area contributed by atoms with E-state index in [1.165, 1.54) is 19.2 Å². The number of aromatic carboxylic acids is 1. The van der Waals surface area contributed by atoms with E-state index in [2.05, 4.69) is 0 Å². The van der Waals surface area contributed by atoms with E-state index < -0.39 is 11.9 Å². The number of carbonyl (C=O) groups excluding carboxylic acids is 2. The van der Waals surface area contributed by atoms with Crippen LogP contribution in [0, 0.1) is 0 Å². The van der Waals surface area contributed by atoms with Gasteiger partial charge in [0, 0.05) is 5.56 Å². The van der Waals surface area contributed by atoms with E-state index in [0.29, 0.717) is 28.3 Å². The number of hydrogen-bond acceptors (Lipinski definition) is 6. The zero-order valence-electron chi connectivity index (χ0n) is 17.6. The molecule has 0 aliphatic carbocycles. The average molecular weight is 461 g/mol. The van der Waals surface area contributed by atoms with Crippen LogP contribution in [-0.2, 0) is 11.4 Å². The number of benzene rings is 3. The van der Waals surface area contributed by atoms with Crippen LogP contribution < -0.4 is 14.4 Å². The Morgan fingerprint density at radius 2 is 1.79 bits per heavy atom. The molecule has 1 N–H and O–H groups in total. The van der Waals surface area contributed by atoms with Crippen molar-refractivity contribution in [3.63, 3.8) is 0 Å². The van der Waals surface area contributed by atoms with E-state index in [1.54, 1.807) is 60.7 Å². The Bertz CT molecular complexity index is 1250. The predicted octanol–water partition coefficient (Wildman–Crippen LogP) is 5.21. The summed E-state index contributed by atoms with van der Waals surface area (Å²) in [5, 5.41) is 8.81. The third kappa shape index (κ3) is 4.75. The van der Waals surface area contributed by atoms with Gasteiger partial charge in [-0.3, -0.25) is 9.59 Å². The minimum absolute atomic E-state index is 0.0911. The summed E-state index contributed by atoms with van der Waals surface area (Å²) in [6.07, 6.45) is 1.60. The Balaban J connectivity index is 1.63. The first-order chi connectivity index (χ1) is 16.0. The van der Waals surface area contributed by atoms with E-state index in [9.17, 15) is 19.5 Å². The van der Waals surface area contributed by atoms with Crippen LogP contribution in [0.25, 0.3) is 6.08 Å². The molecule has 1 aliphatic heterocycles. The number of hydrogen-bond donors (Lipinski definition) is 1. The number of carboxylic acids is 1. The van der Waals surface area contributed by atoms with Gasteiger partial charge in [-0.15, -0.1) is 0 Å². The number of carboxylic acid groups (broad SMARTS) is 1. The summed E-state index contributed by atoms with van der Waals surface area (Å²) in [7, 11) is 1.50. The SMILES string of the molecule is COc1cccc(C=C2SC(=O)N(c3ccccc3)C2=O)c1OCc1cccc(C(=O)O)c1. The van der Waals surface area contributed by atoms with Crippen molar-refractivity contribution >= 4 is 40.6 Å². The van der Waals surface area contributed by atoms with Gasteiger partial charge >= 0.3 is 5.97 Å². The highest BCUT2D eigenvalue weighted by molar-refractivity contribution is 8.19. The van der Waals surface area contributed by atoms with Crippen LogP contribution in [0.1, 0.15) is 21.5 Å². The highest BCUT2D eigenvalue weighted by atomic mass is 32.2. The summed E-state index contributed by atoms with van der Waals surface area (Å²) in [5.74, 6) is -0.615. The number of anilines is 1. The van der Waals surface area contributed by atoms with E-state index in [-0.39, 0.29) is 22.3 Å². The third-order valence-electron chi connectivity index (χ3n) is 4.88. The first-order valence-electron chi connectivity index (χ1n) is 9.93. The maximum absolute atomic E-state index is 13.0. The molecule has 3 aromatic rings. The zero-order valence-corrected chi connectivity index (χ0v) is 18.4. The predicted molar refractivity (Wildman–Crippen MR) is 126 cm³/mol. The minimum atomic E-state index is -1.02. The molecular weight excluding hydrogens is 442 g/mol. The zero-order chi connectivity index (χ0) is 23.4. The molecule has 1 aliphatic rings. The number of nitrogens with zero attached hydrogens (tertiary/aromatic N) is 1. The number of rotatable bonds is 7. The minimum Gasteiger partial charge on any atom is -0.493 e. The van der Waals surface area contributed by atoms with Crippen LogP contribution in [0.5, 0.6) is 11.5 Å². The van der Waals surface area contributed by atoms with Crippen LogP contribution in [0.3, 0.4) is 0 Å². The van der Waals surface area contributed by atoms with Crippen LogP contribution in [0.15, 0.2) is 77.7 Å². The number of amides is 2. The Kier molecular flexibility index (Phi) is 6.46. The van der Waals surface area contributed by atoms with Crippen LogP contribution in [0.4, 0.5) is 10.5 Å². The van der Waals surface area contributed by atoms with Crippen molar-refractivity contribution in [2.75, 3.05) is 12.0 Å². The maximum atomic E-state index is 13.0. The van der Waals surface area contributed by atoms with Crippen molar-refractivity contribution in [2.45, 2.75) is 6.61 Å². The summed E-state index contributed by atoms with van der Waals surface area (Å²) in [6, 6.07) is 20.4. The molecule has 1 fully saturated rings. The summed E-state index contributed by atoms with van der Waals surface area (Å²) in [4.78, 5) is 38.1. The van der Waals surface area contributed by atoms with Crippen LogP contribution in [-0.4, -0.2) is 29.3 Å². The number of carbonyl (C=O) groups is 3. The van der Waals surface area contributed by atoms with Crippen molar-refractivity contribution < 1.29 is 29.0 Å². The molecular formula is C25H19NO6S. The van der Waals surface area contributed by atoms with Crippen molar-refractivity contribution in [2.24, 2.45) is 0 Å². The molecule has 4 rings (SSSR count). The molecule has 0 bridgehead atoms. The molecule has 0 spiro atoms. The number of methoxy groups -OCH3 is 1. The fourth-order valence-electron chi connectivity index (χ4n) is 3.32. The highest BCUT2D eigenvalue weighted by Gasteiger charge is 2.36. The second-order valence-electron chi connectivity index (χ2n) is 7.03. The molecule has 0 aromatic heterocycles. The maximum Gasteiger partial charge on any atom is 0.335 e. The molecule has 1 heterocycles. The average Bonchev–Trinajstić information content (AvgIpc) is 3.11. The highest BCUT2D eigenvalue weighted by Crippen LogP contribution is 2.39. The molecule has 0 saturated carbocycles. The molecule has 2 amide bonds. The smallest absolute Gasteiger partial charge is 0.335 e. The van der Waals surface area contributed by atoms with E-state index in [0.717, 1.165) is 16.7 Å². The molecule has 7 nitrogen and oxygen atoms in total. The summed E-state index contributed by atoms with van der Waals surface area (Å²) in [5.41, 5.74) is 1.88. The Labute approximate surface area is 194 Å². The van der Waals surface area contributed by atoms with Gasteiger partial charge in [-0.05, 0) is 53.7 Å². The molecule has 33 heavy (non-hydrogen) atoms. The van der Waals surface area contributed by atoms with Crippen molar-refractivity contribution in [3.8, 4) is 11.5 Å². The number of imide groups is 1. The van der Waals surface area contributed by atoms with Crippen molar-refractivity contribution in [1.29, 1.82) is 0 Å².